The lowest BCUT2D eigenvalue weighted by atomic mass is 10.1. The van der Waals surface area contributed by atoms with Gasteiger partial charge in [-0.25, -0.2) is 0 Å². The number of hydrogen-bond donors (Lipinski definition) is 1. The minimum Gasteiger partial charge on any atom is -0.347 e. The van der Waals surface area contributed by atoms with Gasteiger partial charge in [0.1, 0.15) is 0 Å². The van der Waals surface area contributed by atoms with Crippen molar-refractivity contribution in [3.8, 4) is 0 Å². The Labute approximate surface area is 130 Å². The van der Waals surface area contributed by atoms with Gasteiger partial charge in [0.05, 0.1) is 0 Å². The van der Waals surface area contributed by atoms with Gasteiger partial charge in [0.25, 0.3) is 0 Å². The van der Waals surface area contributed by atoms with E-state index in [-0.39, 0.29) is 0 Å². The summed E-state index contributed by atoms with van der Waals surface area (Å²) in [6, 6.07) is 19.1. The number of hydrogen-bond acceptors (Lipinski definition) is 2. The molecule has 0 bridgehead atoms. The van der Waals surface area contributed by atoms with Crippen molar-refractivity contribution in [2.24, 2.45) is 0 Å². The average molecular weight is 296 g/mol. The minimum absolute atomic E-state index is 0.445. The number of anilines is 1. The van der Waals surface area contributed by atoms with E-state index >= 15 is 0 Å². The largest absolute Gasteiger partial charge is 0.347 e. The summed E-state index contributed by atoms with van der Waals surface area (Å²) < 4.78 is 0. The van der Waals surface area contributed by atoms with Crippen molar-refractivity contribution in [2.75, 3.05) is 18.0 Å². The molecule has 4 heteroatoms. The zero-order valence-corrected chi connectivity index (χ0v) is 12.7. The maximum atomic E-state index is 12.2. The van der Waals surface area contributed by atoms with Gasteiger partial charge >= 0.3 is 11.8 Å². The van der Waals surface area contributed by atoms with Gasteiger partial charge in [-0.05, 0) is 31.0 Å². The lowest BCUT2D eigenvalue weighted by Gasteiger charge is -2.20. The lowest BCUT2D eigenvalue weighted by molar-refractivity contribution is -0.137. The monoisotopic (exact) mass is 296 g/mol. The van der Waals surface area contributed by atoms with Crippen LogP contribution in [0.5, 0.6) is 0 Å². The molecular formula is C18H20N2O2. The summed E-state index contributed by atoms with van der Waals surface area (Å²) in [6.45, 7) is 2.75. The first kappa shape index (κ1) is 15.8. The minimum atomic E-state index is -0.568. The smallest absolute Gasteiger partial charge is 0.316 e. The van der Waals surface area contributed by atoms with Crippen LogP contribution in [-0.2, 0) is 16.0 Å². The van der Waals surface area contributed by atoms with Crippen molar-refractivity contribution < 1.29 is 9.59 Å². The molecule has 0 heterocycles. The van der Waals surface area contributed by atoms with Crippen LogP contribution in [0.2, 0.25) is 0 Å². The summed E-state index contributed by atoms with van der Waals surface area (Å²) in [7, 11) is 0. The molecular weight excluding hydrogens is 276 g/mol. The van der Waals surface area contributed by atoms with E-state index in [2.05, 4.69) is 5.32 Å². The van der Waals surface area contributed by atoms with Crippen molar-refractivity contribution in [1.82, 2.24) is 5.32 Å². The van der Waals surface area contributed by atoms with Gasteiger partial charge in [-0.3, -0.25) is 9.59 Å². The van der Waals surface area contributed by atoms with Crippen LogP contribution in [0, 0.1) is 0 Å². The molecule has 2 aromatic carbocycles. The van der Waals surface area contributed by atoms with Crippen LogP contribution in [0.3, 0.4) is 0 Å². The second-order valence-electron chi connectivity index (χ2n) is 4.88. The number of carbonyl (C=O) groups is 2. The molecule has 1 N–H and O–H groups in total. The molecule has 0 aromatic heterocycles. The first-order valence-corrected chi connectivity index (χ1v) is 7.41. The van der Waals surface area contributed by atoms with Gasteiger partial charge in [-0.1, -0.05) is 48.5 Å². The van der Waals surface area contributed by atoms with E-state index in [4.69, 9.17) is 0 Å². The van der Waals surface area contributed by atoms with Gasteiger partial charge in [0.2, 0.25) is 0 Å². The Hall–Kier alpha value is -2.62. The maximum absolute atomic E-state index is 12.2. The number of amides is 2. The zero-order chi connectivity index (χ0) is 15.8. The second-order valence-corrected chi connectivity index (χ2v) is 4.88. The van der Waals surface area contributed by atoms with Crippen molar-refractivity contribution in [3.05, 3.63) is 66.2 Å². The van der Waals surface area contributed by atoms with Crippen molar-refractivity contribution >= 4 is 17.5 Å². The molecule has 0 spiro atoms. The molecule has 0 fully saturated rings. The second kappa shape index (κ2) is 7.98. The van der Waals surface area contributed by atoms with E-state index in [0.29, 0.717) is 19.5 Å². The highest BCUT2D eigenvalue weighted by Crippen LogP contribution is 2.12. The SMILES string of the molecule is CCN(C(=O)C(=O)NCCc1ccccc1)c1ccccc1. The standard InChI is InChI=1S/C18H20N2O2/c1-2-20(16-11-7-4-8-12-16)18(22)17(21)19-14-13-15-9-5-3-6-10-15/h3-12H,2,13-14H2,1H3,(H,19,21). The van der Waals surface area contributed by atoms with Crippen LogP contribution < -0.4 is 10.2 Å². The molecule has 2 aromatic rings. The molecule has 0 aliphatic carbocycles. The van der Waals surface area contributed by atoms with Crippen molar-refractivity contribution in [3.63, 3.8) is 0 Å². The van der Waals surface area contributed by atoms with Gasteiger partial charge in [-0.2, -0.15) is 0 Å². The van der Waals surface area contributed by atoms with Crippen molar-refractivity contribution in [1.29, 1.82) is 0 Å². The molecule has 0 atom stereocenters. The van der Waals surface area contributed by atoms with Crippen LogP contribution in [0.4, 0.5) is 5.69 Å². The van der Waals surface area contributed by atoms with Crippen LogP contribution in [0.1, 0.15) is 12.5 Å². The molecule has 114 valence electrons. The number of nitrogens with zero attached hydrogens (tertiary/aromatic N) is 1. The Balaban J connectivity index is 1.89. The molecule has 0 saturated heterocycles. The number of para-hydroxylation sites is 1. The predicted octanol–water partition coefficient (Wildman–Crippen LogP) is 2.40. The first-order valence-electron chi connectivity index (χ1n) is 7.41. The summed E-state index contributed by atoms with van der Waals surface area (Å²) in [4.78, 5) is 25.7. The Morgan fingerprint density at radius 2 is 1.55 bits per heavy atom. The van der Waals surface area contributed by atoms with Crippen molar-refractivity contribution in [2.45, 2.75) is 13.3 Å². The van der Waals surface area contributed by atoms with Crippen LogP contribution >= 0.6 is 0 Å². The third-order valence-electron chi connectivity index (χ3n) is 3.37. The normalized spacial score (nSPS) is 10.0. The van der Waals surface area contributed by atoms with Crippen LogP contribution in [-0.4, -0.2) is 24.9 Å². The fraction of sp³-hybridized carbons (Fsp3) is 0.222. The van der Waals surface area contributed by atoms with Gasteiger partial charge < -0.3 is 10.2 Å². The van der Waals surface area contributed by atoms with Gasteiger partial charge in [0, 0.05) is 18.8 Å². The fourth-order valence-corrected chi connectivity index (χ4v) is 2.21. The van der Waals surface area contributed by atoms with E-state index in [1.165, 1.54) is 4.90 Å². The molecule has 0 aliphatic rings. The lowest BCUT2D eigenvalue weighted by Crippen LogP contribution is -2.43. The number of likely N-dealkylation sites (N-methyl/N-ethyl adjacent to an activating group) is 1. The molecule has 0 aliphatic heterocycles. The average Bonchev–Trinajstić information content (AvgIpc) is 2.57. The summed E-state index contributed by atoms with van der Waals surface area (Å²) in [5, 5.41) is 2.69. The number of rotatable bonds is 5. The highest BCUT2D eigenvalue weighted by molar-refractivity contribution is 6.40. The Morgan fingerprint density at radius 1 is 0.955 bits per heavy atom. The molecule has 22 heavy (non-hydrogen) atoms. The topological polar surface area (TPSA) is 49.4 Å². The summed E-state index contributed by atoms with van der Waals surface area (Å²) >= 11 is 0. The molecule has 0 unspecified atom stereocenters. The summed E-state index contributed by atoms with van der Waals surface area (Å²) in [5.74, 6) is -1.09. The number of nitrogens with one attached hydrogen (secondary N) is 1. The van der Waals surface area contributed by atoms with E-state index in [0.717, 1.165) is 11.3 Å². The zero-order valence-electron chi connectivity index (χ0n) is 12.7. The molecule has 0 radical (unpaired) electrons. The van der Waals surface area contributed by atoms with E-state index in [1.807, 2.05) is 67.6 Å². The Kier molecular flexibility index (Phi) is 5.72. The fourth-order valence-electron chi connectivity index (χ4n) is 2.21. The third kappa shape index (κ3) is 4.19. The molecule has 0 saturated carbocycles. The van der Waals surface area contributed by atoms with Crippen LogP contribution in [0.15, 0.2) is 60.7 Å². The van der Waals surface area contributed by atoms with E-state index in [9.17, 15) is 9.59 Å². The first-order chi connectivity index (χ1) is 10.7. The van der Waals surface area contributed by atoms with Gasteiger partial charge in [0.15, 0.2) is 0 Å². The third-order valence-corrected chi connectivity index (χ3v) is 3.37. The molecule has 2 amide bonds. The van der Waals surface area contributed by atoms with E-state index in [1.54, 1.807) is 0 Å². The highest BCUT2D eigenvalue weighted by atomic mass is 16.2. The quantitative estimate of drug-likeness (QED) is 0.861. The number of benzene rings is 2. The molecule has 4 nitrogen and oxygen atoms in total. The maximum Gasteiger partial charge on any atom is 0.316 e. The van der Waals surface area contributed by atoms with Gasteiger partial charge in [-0.15, -0.1) is 0 Å². The predicted molar refractivity (Wildman–Crippen MR) is 87.6 cm³/mol. The summed E-state index contributed by atoms with van der Waals surface area (Å²) in [5.41, 5.74) is 1.86. The molecule has 2 rings (SSSR count). The van der Waals surface area contributed by atoms with E-state index < -0.39 is 11.8 Å². The highest BCUT2D eigenvalue weighted by Gasteiger charge is 2.21. The Morgan fingerprint density at radius 3 is 2.14 bits per heavy atom. The Bertz CT molecular complexity index is 611. The van der Waals surface area contributed by atoms with Crippen LogP contribution in [0.25, 0.3) is 0 Å². The summed E-state index contributed by atoms with van der Waals surface area (Å²) in [6.07, 6.45) is 0.706. The number of carbonyl (C=O) groups excluding carboxylic acids is 2.